The van der Waals surface area contributed by atoms with Gasteiger partial charge in [-0.05, 0) is 60.4 Å². The van der Waals surface area contributed by atoms with Gasteiger partial charge in [0, 0.05) is 19.0 Å². The van der Waals surface area contributed by atoms with E-state index in [0.29, 0.717) is 16.5 Å². The fourth-order valence-corrected chi connectivity index (χ4v) is 3.67. The maximum Gasteiger partial charge on any atom is 0.121 e. The predicted molar refractivity (Wildman–Crippen MR) is 97.7 cm³/mol. The van der Waals surface area contributed by atoms with Crippen LogP contribution in [0.25, 0.3) is 0 Å². The Balaban J connectivity index is 1.60. The highest BCUT2D eigenvalue weighted by molar-refractivity contribution is 14.1. The van der Waals surface area contributed by atoms with Gasteiger partial charge < -0.3 is 9.30 Å². The third kappa shape index (κ3) is 3.64. The van der Waals surface area contributed by atoms with Gasteiger partial charge in [-0.1, -0.05) is 11.6 Å². The maximum atomic E-state index is 8.91. The molecule has 0 spiro atoms. The summed E-state index contributed by atoms with van der Waals surface area (Å²) in [4.78, 5) is 4.55. The van der Waals surface area contributed by atoms with E-state index in [1.807, 2.05) is 12.3 Å². The number of halogens is 2. The maximum absolute atomic E-state index is 8.91. The highest BCUT2D eigenvalue weighted by Crippen LogP contribution is 2.34. The Morgan fingerprint density at radius 1 is 1.35 bits per heavy atom. The molecule has 1 heterocycles. The number of imidazole rings is 1. The molecule has 0 unspecified atom stereocenters. The van der Waals surface area contributed by atoms with E-state index in [4.69, 9.17) is 21.6 Å². The van der Waals surface area contributed by atoms with Gasteiger partial charge in [0.25, 0.3) is 0 Å². The fraction of sp³-hybridized carbons (Fsp3) is 0.412. The van der Waals surface area contributed by atoms with Crippen molar-refractivity contribution in [1.29, 1.82) is 5.26 Å². The summed E-state index contributed by atoms with van der Waals surface area (Å²) in [5.41, 5.74) is 0.479. The zero-order valence-corrected chi connectivity index (χ0v) is 15.7. The van der Waals surface area contributed by atoms with Gasteiger partial charge in [0.2, 0.25) is 0 Å². The van der Waals surface area contributed by atoms with Crippen LogP contribution in [-0.4, -0.2) is 15.7 Å². The van der Waals surface area contributed by atoms with Gasteiger partial charge >= 0.3 is 0 Å². The van der Waals surface area contributed by atoms with Crippen molar-refractivity contribution in [3.05, 3.63) is 44.5 Å². The van der Waals surface area contributed by atoms with Gasteiger partial charge in [-0.15, -0.1) is 0 Å². The summed E-state index contributed by atoms with van der Waals surface area (Å²) in [6.45, 7) is 0. The van der Waals surface area contributed by atoms with Crippen LogP contribution < -0.4 is 4.74 Å². The topological polar surface area (TPSA) is 50.8 Å². The van der Waals surface area contributed by atoms with Crippen LogP contribution in [0.2, 0.25) is 5.02 Å². The van der Waals surface area contributed by atoms with Crippen LogP contribution in [0, 0.1) is 15.0 Å². The minimum Gasteiger partial charge on any atom is -0.490 e. The number of nitrogens with zero attached hydrogens (tertiary/aromatic N) is 3. The number of rotatable bonds is 3. The van der Waals surface area contributed by atoms with Crippen molar-refractivity contribution in [1.82, 2.24) is 9.55 Å². The van der Waals surface area contributed by atoms with Crippen LogP contribution in [0.4, 0.5) is 0 Å². The number of nitriles is 1. The lowest BCUT2D eigenvalue weighted by atomic mass is 9.86. The lowest BCUT2D eigenvalue weighted by Crippen LogP contribution is -2.24. The van der Waals surface area contributed by atoms with Crippen molar-refractivity contribution in [2.24, 2.45) is 7.05 Å². The number of benzene rings is 1. The van der Waals surface area contributed by atoms with Crippen molar-refractivity contribution in [3.63, 3.8) is 0 Å². The van der Waals surface area contributed by atoms with Crippen LogP contribution in [0.1, 0.15) is 43.0 Å². The Morgan fingerprint density at radius 3 is 2.65 bits per heavy atom. The first kappa shape index (κ1) is 16.6. The van der Waals surface area contributed by atoms with Crippen molar-refractivity contribution >= 4 is 34.2 Å². The van der Waals surface area contributed by atoms with E-state index in [-0.39, 0.29) is 6.10 Å². The third-order valence-corrected chi connectivity index (χ3v) is 5.69. The molecule has 0 aliphatic heterocycles. The average Bonchev–Trinajstić information content (AvgIpc) is 2.88. The molecule has 1 aromatic heterocycles. The van der Waals surface area contributed by atoms with Gasteiger partial charge in [0.15, 0.2) is 0 Å². The van der Waals surface area contributed by atoms with Gasteiger partial charge in [0.1, 0.15) is 17.6 Å². The standard InChI is InChI=1S/C17H17ClIN3O/c1-22-16(19)10-21-17(22)11-2-5-13(6-3-11)23-14-7-4-12(9-20)15(18)8-14/h4,7-8,10-11,13H,2-3,5-6H2,1H3. The quantitative estimate of drug-likeness (QED) is 0.651. The van der Waals surface area contributed by atoms with Crippen molar-refractivity contribution < 1.29 is 4.74 Å². The molecule has 0 amide bonds. The predicted octanol–water partition coefficient (Wildman–Crippen LogP) is 4.65. The molecule has 2 aromatic rings. The van der Waals surface area contributed by atoms with Crippen molar-refractivity contribution in [2.45, 2.75) is 37.7 Å². The molecule has 0 bridgehead atoms. The highest BCUT2D eigenvalue weighted by atomic mass is 127. The zero-order chi connectivity index (χ0) is 16.4. The van der Waals surface area contributed by atoms with Gasteiger partial charge in [-0.2, -0.15) is 5.26 Å². The van der Waals surface area contributed by atoms with Gasteiger partial charge in [0.05, 0.1) is 26.6 Å². The Labute approximate surface area is 154 Å². The third-order valence-electron chi connectivity index (χ3n) is 4.37. The lowest BCUT2D eigenvalue weighted by Gasteiger charge is -2.28. The number of hydrogen-bond acceptors (Lipinski definition) is 3. The van der Waals surface area contributed by atoms with Gasteiger partial charge in [-0.3, -0.25) is 0 Å². The van der Waals surface area contributed by atoms with Crippen LogP contribution in [0.15, 0.2) is 24.4 Å². The molecule has 0 radical (unpaired) electrons. The van der Waals surface area contributed by atoms with Crippen LogP contribution in [0.5, 0.6) is 5.75 Å². The molecule has 23 heavy (non-hydrogen) atoms. The Bertz CT molecular complexity index is 745. The summed E-state index contributed by atoms with van der Waals surface area (Å²) in [6, 6.07) is 7.31. The second-order valence-electron chi connectivity index (χ2n) is 5.84. The molecule has 1 aliphatic rings. The van der Waals surface area contributed by atoms with E-state index >= 15 is 0 Å². The largest absolute Gasteiger partial charge is 0.490 e. The molecule has 6 heteroatoms. The summed E-state index contributed by atoms with van der Waals surface area (Å²) in [5, 5.41) is 9.35. The van der Waals surface area contributed by atoms with E-state index in [1.54, 1.807) is 12.1 Å². The van der Waals surface area contributed by atoms with Crippen molar-refractivity contribution in [3.8, 4) is 11.8 Å². The summed E-state index contributed by atoms with van der Waals surface area (Å²) in [7, 11) is 2.07. The second-order valence-corrected chi connectivity index (χ2v) is 7.36. The van der Waals surface area contributed by atoms with Crippen LogP contribution in [0.3, 0.4) is 0 Å². The van der Waals surface area contributed by atoms with Crippen molar-refractivity contribution in [2.75, 3.05) is 0 Å². The summed E-state index contributed by atoms with van der Waals surface area (Å²) in [5.74, 6) is 2.42. The Morgan fingerprint density at radius 2 is 2.09 bits per heavy atom. The number of hydrogen-bond donors (Lipinski definition) is 0. The van der Waals surface area contributed by atoms with E-state index < -0.39 is 0 Å². The normalized spacial score (nSPS) is 21.0. The molecular weight excluding hydrogens is 425 g/mol. The molecule has 4 nitrogen and oxygen atoms in total. The number of ether oxygens (including phenoxy) is 1. The molecule has 1 aliphatic carbocycles. The summed E-state index contributed by atoms with van der Waals surface area (Å²) >= 11 is 8.37. The Kier molecular flexibility index (Phi) is 5.12. The van der Waals surface area contributed by atoms with Crippen LogP contribution >= 0.6 is 34.2 Å². The fourth-order valence-electron chi connectivity index (χ4n) is 3.07. The minimum atomic E-state index is 0.203. The van der Waals surface area contributed by atoms with Crippen LogP contribution in [-0.2, 0) is 7.05 Å². The monoisotopic (exact) mass is 441 g/mol. The second kappa shape index (κ2) is 7.10. The average molecular weight is 442 g/mol. The molecule has 1 fully saturated rings. The summed E-state index contributed by atoms with van der Waals surface area (Å²) < 4.78 is 9.38. The number of aromatic nitrogens is 2. The molecule has 3 rings (SSSR count). The SMILES string of the molecule is Cn1c(I)cnc1C1CCC(Oc2ccc(C#N)c(Cl)c2)CC1. The molecule has 1 saturated carbocycles. The van der Waals surface area contributed by atoms with E-state index in [2.05, 4.69) is 45.3 Å². The molecule has 0 saturated heterocycles. The minimum absolute atomic E-state index is 0.203. The first-order valence-corrected chi connectivity index (χ1v) is 9.07. The molecule has 0 atom stereocenters. The van der Waals surface area contributed by atoms with E-state index in [1.165, 1.54) is 9.53 Å². The molecule has 120 valence electrons. The first-order chi connectivity index (χ1) is 11.1. The lowest BCUT2D eigenvalue weighted by molar-refractivity contribution is 0.144. The molecule has 0 N–H and O–H groups in total. The summed E-state index contributed by atoms with van der Waals surface area (Å²) in [6.07, 6.45) is 6.30. The first-order valence-electron chi connectivity index (χ1n) is 7.62. The molecular formula is C17H17ClIN3O. The smallest absolute Gasteiger partial charge is 0.121 e. The highest BCUT2D eigenvalue weighted by Gasteiger charge is 2.26. The van der Waals surface area contributed by atoms with E-state index in [0.717, 1.165) is 31.4 Å². The Hall–Kier alpha value is -1.26. The van der Waals surface area contributed by atoms with Gasteiger partial charge in [-0.25, -0.2) is 4.98 Å². The molecule has 1 aromatic carbocycles. The van der Waals surface area contributed by atoms with E-state index in [9.17, 15) is 0 Å². The zero-order valence-electron chi connectivity index (χ0n) is 12.8.